The van der Waals surface area contributed by atoms with Crippen molar-refractivity contribution in [1.29, 1.82) is 0 Å². The number of benzene rings is 1. The molecule has 0 saturated carbocycles. The van der Waals surface area contributed by atoms with Gasteiger partial charge >= 0.3 is 0 Å². The van der Waals surface area contributed by atoms with E-state index in [9.17, 15) is 4.79 Å². The van der Waals surface area contributed by atoms with Crippen LogP contribution in [0.2, 0.25) is 5.02 Å². The van der Waals surface area contributed by atoms with Gasteiger partial charge in [0.2, 0.25) is 0 Å². The third-order valence-electron chi connectivity index (χ3n) is 4.00. The van der Waals surface area contributed by atoms with E-state index in [0.29, 0.717) is 28.2 Å². The van der Waals surface area contributed by atoms with E-state index in [1.165, 1.54) is 12.8 Å². The van der Waals surface area contributed by atoms with Crippen molar-refractivity contribution in [2.45, 2.75) is 33.1 Å². The Bertz CT molecular complexity index is 502. The molecule has 0 spiro atoms. The van der Waals surface area contributed by atoms with Gasteiger partial charge in [0, 0.05) is 18.1 Å². The van der Waals surface area contributed by atoms with Gasteiger partial charge in [0.25, 0.3) is 5.91 Å². The molecule has 0 aliphatic carbocycles. The lowest BCUT2D eigenvalue weighted by Crippen LogP contribution is -2.40. The van der Waals surface area contributed by atoms with Crippen molar-refractivity contribution in [3.8, 4) is 5.75 Å². The van der Waals surface area contributed by atoms with E-state index in [1.807, 2.05) is 4.90 Å². The summed E-state index contributed by atoms with van der Waals surface area (Å²) in [7, 11) is 1.58. The Balaban J connectivity index is 2.14. The summed E-state index contributed by atoms with van der Waals surface area (Å²) in [6, 6.07) is 5.20. The van der Waals surface area contributed by atoms with Crippen molar-refractivity contribution in [3.63, 3.8) is 0 Å². The zero-order valence-corrected chi connectivity index (χ0v) is 13.8. The number of ether oxygens (including phenoxy) is 1. The first-order chi connectivity index (χ1) is 10.0. The third kappa shape index (κ3) is 4.13. The van der Waals surface area contributed by atoms with Crippen LogP contribution in [0.3, 0.4) is 0 Å². The van der Waals surface area contributed by atoms with Crippen LogP contribution in [-0.4, -0.2) is 31.0 Å². The van der Waals surface area contributed by atoms with Crippen molar-refractivity contribution in [1.82, 2.24) is 4.90 Å². The molecule has 21 heavy (non-hydrogen) atoms. The fourth-order valence-corrected chi connectivity index (χ4v) is 3.30. The highest BCUT2D eigenvalue weighted by molar-refractivity contribution is 6.31. The molecule has 1 amide bonds. The van der Waals surface area contributed by atoms with Crippen LogP contribution in [0.5, 0.6) is 5.75 Å². The molecule has 1 atom stereocenters. The lowest BCUT2D eigenvalue weighted by atomic mass is 9.89. The lowest BCUT2D eigenvalue weighted by Gasteiger charge is -2.34. The van der Waals surface area contributed by atoms with Crippen LogP contribution < -0.4 is 4.74 Å². The molecule has 0 N–H and O–H groups in total. The summed E-state index contributed by atoms with van der Waals surface area (Å²) in [5.41, 5.74) is 0.565. The zero-order chi connectivity index (χ0) is 15.4. The Hall–Kier alpha value is -1.22. The number of halogens is 1. The Morgan fingerprint density at radius 2 is 2.24 bits per heavy atom. The summed E-state index contributed by atoms with van der Waals surface area (Å²) in [5.74, 6) is 1.90. The largest absolute Gasteiger partial charge is 0.496 e. The van der Waals surface area contributed by atoms with Crippen LogP contribution in [0.1, 0.15) is 43.5 Å². The minimum absolute atomic E-state index is 0.0304. The number of likely N-dealkylation sites (tertiary alicyclic amines) is 1. The summed E-state index contributed by atoms with van der Waals surface area (Å²) in [4.78, 5) is 14.7. The molecule has 0 radical (unpaired) electrons. The predicted molar refractivity (Wildman–Crippen MR) is 86.1 cm³/mol. The number of carbonyl (C=O) groups is 1. The maximum absolute atomic E-state index is 12.8. The minimum Gasteiger partial charge on any atom is -0.496 e. The number of carbonyl (C=O) groups excluding carboxylic acids is 1. The first-order valence-corrected chi connectivity index (χ1v) is 8.02. The molecule has 3 nitrogen and oxygen atoms in total. The number of methoxy groups -OCH3 is 1. The molecule has 1 heterocycles. The van der Waals surface area contributed by atoms with Crippen LogP contribution >= 0.6 is 11.6 Å². The van der Waals surface area contributed by atoms with Crippen LogP contribution in [0.25, 0.3) is 0 Å². The number of hydrogen-bond donors (Lipinski definition) is 0. The fraction of sp³-hybridized carbons (Fsp3) is 0.588. The molecule has 1 aliphatic heterocycles. The highest BCUT2D eigenvalue weighted by atomic mass is 35.5. The van der Waals surface area contributed by atoms with Gasteiger partial charge in [0.05, 0.1) is 12.7 Å². The highest BCUT2D eigenvalue weighted by Gasteiger charge is 2.26. The van der Waals surface area contributed by atoms with Gasteiger partial charge in [-0.2, -0.15) is 0 Å². The summed E-state index contributed by atoms with van der Waals surface area (Å²) in [6.07, 6.45) is 3.47. The van der Waals surface area contributed by atoms with Gasteiger partial charge in [-0.15, -0.1) is 0 Å². The second kappa shape index (κ2) is 7.17. The van der Waals surface area contributed by atoms with E-state index in [-0.39, 0.29) is 5.91 Å². The molecule has 1 aromatic rings. The van der Waals surface area contributed by atoms with E-state index < -0.39 is 0 Å². The maximum Gasteiger partial charge on any atom is 0.257 e. The van der Waals surface area contributed by atoms with E-state index in [1.54, 1.807) is 25.3 Å². The number of piperidine rings is 1. The van der Waals surface area contributed by atoms with Gasteiger partial charge in [-0.05, 0) is 49.3 Å². The number of hydrogen-bond acceptors (Lipinski definition) is 2. The second-order valence-corrected chi connectivity index (χ2v) is 6.67. The smallest absolute Gasteiger partial charge is 0.257 e. The van der Waals surface area contributed by atoms with Gasteiger partial charge in [-0.1, -0.05) is 25.4 Å². The van der Waals surface area contributed by atoms with Crippen LogP contribution in [-0.2, 0) is 0 Å². The predicted octanol–water partition coefficient (Wildman–Crippen LogP) is 4.25. The molecule has 2 rings (SSSR count). The molecule has 0 aromatic heterocycles. The normalized spacial score (nSPS) is 18.9. The molecule has 4 heteroatoms. The van der Waals surface area contributed by atoms with Crippen LogP contribution in [0.15, 0.2) is 18.2 Å². The summed E-state index contributed by atoms with van der Waals surface area (Å²) in [6.45, 7) is 6.14. The van der Waals surface area contributed by atoms with Crippen molar-refractivity contribution in [3.05, 3.63) is 28.8 Å². The molecule has 1 saturated heterocycles. The third-order valence-corrected chi connectivity index (χ3v) is 4.24. The van der Waals surface area contributed by atoms with E-state index in [0.717, 1.165) is 19.5 Å². The summed E-state index contributed by atoms with van der Waals surface area (Å²) >= 11 is 6.03. The topological polar surface area (TPSA) is 29.5 Å². The second-order valence-electron chi connectivity index (χ2n) is 6.23. The molecular weight excluding hydrogens is 286 g/mol. The monoisotopic (exact) mass is 309 g/mol. The van der Waals surface area contributed by atoms with Gasteiger partial charge in [0.1, 0.15) is 5.75 Å². The highest BCUT2D eigenvalue weighted by Crippen LogP contribution is 2.28. The van der Waals surface area contributed by atoms with Crippen molar-refractivity contribution < 1.29 is 9.53 Å². The average molecular weight is 310 g/mol. The molecule has 1 aromatic carbocycles. The number of nitrogens with zero attached hydrogens (tertiary/aromatic N) is 1. The van der Waals surface area contributed by atoms with E-state index in [2.05, 4.69) is 13.8 Å². The van der Waals surface area contributed by atoms with Crippen LogP contribution in [0.4, 0.5) is 0 Å². The molecule has 0 unspecified atom stereocenters. The van der Waals surface area contributed by atoms with E-state index in [4.69, 9.17) is 16.3 Å². The van der Waals surface area contributed by atoms with Gasteiger partial charge in [-0.25, -0.2) is 0 Å². The van der Waals surface area contributed by atoms with Crippen molar-refractivity contribution in [2.75, 3.05) is 20.2 Å². The average Bonchev–Trinajstić information content (AvgIpc) is 2.46. The fourth-order valence-electron chi connectivity index (χ4n) is 3.13. The maximum atomic E-state index is 12.8. The minimum atomic E-state index is 0.0304. The Kier molecular flexibility index (Phi) is 5.51. The zero-order valence-electron chi connectivity index (χ0n) is 13.1. The number of rotatable bonds is 4. The quantitative estimate of drug-likeness (QED) is 0.832. The molecular formula is C17H24ClNO2. The SMILES string of the molecule is COc1ccc(Cl)cc1C(=O)N1CCC[C@H](CC(C)C)C1. The molecule has 1 fully saturated rings. The van der Waals surface area contributed by atoms with E-state index >= 15 is 0 Å². The Morgan fingerprint density at radius 1 is 1.48 bits per heavy atom. The molecule has 1 aliphatic rings. The first kappa shape index (κ1) is 16.2. The first-order valence-electron chi connectivity index (χ1n) is 7.64. The van der Waals surface area contributed by atoms with Gasteiger partial charge in [0.15, 0.2) is 0 Å². The summed E-state index contributed by atoms with van der Waals surface area (Å²) < 4.78 is 5.30. The standard InChI is InChI=1S/C17H24ClNO2/c1-12(2)9-13-5-4-8-19(11-13)17(20)15-10-14(18)6-7-16(15)21-3/h6-7,10,12-13H,4-5,8-9,11H2,1-3H3/t13-/m1/s1. The van der Waals surface area contributed by atoms with Crippen LogP contribution in [0, 0.1) is 11.8 Å². The van der Waals surface area contributed by atoms with Crippen molar-refractivity contribution >= 4 is 17.5 Å². The Labute approximate surface area is 132 Å². The Morgan fingerprint density at radius 3 is 2.90 bits per heavy atom. The molecule has 116 valence electrons. The lowest BCUT2D eigenvalue weighted by molar-refractivity contribution is 0.0656. The number of amides is 1. The molecule has 0 bridgehead atoms. The van der Waals surface area contributed by atoms with Gasteiger partial charge in [-0.3, -0.25) is 4.79 Å². The summed E-state index contributed by atoms with van der Waals surface area (Å²) in [5, 5.41) is 0.565. The van der Waals surface area contributed by atoms with Gasteiger partial charge < -0.3 is 9.64 Å². The van der Waals surface area contributed by atoms with Crippen molar-refractivity contribution in [2.24, 2.45) is 11.8 Å².